The van der Waals surface area contributed by atoms with Crippen molar-refractivity contribution in [2.75, 3.05) is 12.3 Å². The Balaban J connectivity index is 1.96. The van der Waals surface area contributed by atoms with E-state index in [4.69, 9.17) is 5.73 Å². The van der Waals surface area contributed by atoms with E-state index in [9.17, 15) is 19.3 Å². The maximum atomic E-state index is 13.7. The van der Waals surface area contributed by atoms with E-state index >= 15 is 0 Å². The van der Waals surface area contributed by atoms with Crippen LogP contribution in [0, 0.1) is 15.9 Å². The molecule has 0 saturated heterocycles. The molecule has 3 rings (SSSR count). The topological polar surface area (TPSA) is 89.5 Å². The summed E-state index contributed by atoms with van der Waals surface area (Å²) in [5.41, 5.74) is 6.70. The number of rotatable bonds is 2. The van der Waals surface area contributed by atoms with Gasteiger partial charge in [-0.3, -0.25) is 14.9 Å². The number of hydrogen-bond acceptors (Lipinski definition) is 4. The minimum Gasteiger partial charge on any atom is -0.398 e. The molecule has 2 aromatic carbocycles. The first-order chi connectivity index (χ1) is 11.0. The van der Waals surface area contributed by atoms with E-state index in [2.05, 4.69) is 0 Å². The zero-order chi connectivity index (χ0) is 16.6. The number of amides is 1. The molecule has 0 spiro atoms. The van der Waals surface area contributed by atoms with Gasteiger partial charge in [0.2, 0.25) is 0 Å². The highest BCUT2D eigenvalue weighted by Gasteiger charge is 2.29. The normalized spacial score (nSPS) is 13.5. The zero-order valence-electron chi connectivity index (χ0n) is 12.2. The third-order valence-corrected chi connectivity index (χ3v) is 3.98. The zero-order valence-corrected chi connectivity index (χ0v) is 12.2. The summed E-state index contributed by atoms with van der Waals surface area (Å²) in [6.45, 7) is 0.496. The molecule has 118 valence electrons. The Kier molecular flexibility index (Phi) is 3.69. The fraction of sp³-hybridized carbons (Fsp3) is 0.188. The second-order valence-corrected chi connectivity index (χ2v) is 5.35. The second kappa shape index (κ2) is 5.68. The molecule has 1 aliphatic heterocycles. The maximum Gasteiger partial charge on any atom is 0.284 e. The van der Waals surface area contributed by atoms with Gasteiger partial charge in [0.05, 0.1) is 10.6 Å². The largest absolute Gasteiger partial charge is 0.398 e. The molecular formula is C16H14FN3O3. The lowest BCUT2D eigenvalue weighted by Gasteiger charge is -2.29. The lowest BCUT2D eigenvalue weighted by Crippen LogP contribution is -2.37. The molecule has 1 aliphatic rings. The third kappa shape index (κ3) is 2.61. The first-order valence-corrected chi connectivity index (χ1v) is 7.07. The van der Waals surface area contributed by atoms with Crippen LogP contribution in [0.15, 0.2) is 36.4 Å². The van der Waals surface area contributed by atoms with Gasteiger partial charge in [0, 0.05) is 19.2 Å². The number of anilines is 1. The fourth-order valence-corrected chi connectivity index (χ4v) is 2.84. The van der Waals surface area contributed by atoms with E-state index < -0.39 is 10.8 Å². The predicted octanol–water partition coefficient (Wildman–Crippen LogP) is 2.51. The number of halogens is 1. The van der Waals surface area contributed by atoms with Crippen LogP contribution in [-0.4, -0.2) is 22.3 Å². The Bertz CT molecular complexity index is 807. The van der Waals surface area contributed by atoms with Crippen molar-refractivity contribution in [2.45, 2.75) is 13.0 Å². The first kappa shape index (κ1) is 15.0. The first-order valence-electron chi connectivity index (χ1n) is 7.07. The van der Waals surface area contributed by atoms with Crippen LogP contribution in [-0.2, 0) is 13.0 Å². The molecule has 6 nitrogen and oxygen atoms in total. The summed E-state index contributed by atoms with van der Waals surface area (Å²) < 4.78 is 13.7. The molecule has 0 fully saturated rings. The number of carbonyl (C=O) groups is 1. The number of nitrogen functional groups attached to an aromatic ring is 1. The van der Waals surface area contributed by atoms with Gasteiger partial charge >= 0.3 is 0 Å². The lowest BCUT2D eigenvalue weighted by atomic mass is 9.98. The molecule has 1 amide bonds. The predicted molar refractivity (Wildman–Crippen MR) is 82.4 cm³/mol. The molecule has 0 bridgehead atoms. The van der Waals surface area contributed by atoms with Gasteiger partial charge in [0.15, 0.2) is 0 Å². The van der Waals surface area contributed by atoms with E-state index in [-0.39, 0.29) is 35.8 Å². The summed E-state index contributed by atoms with van der Waals surface area (Å²) in [4.78, 5) is 24.7. The van der Waals surface area contributed by atoms with Gasteiger partial charge < -0.3 is 10.6 Å². The molecule has 0 radical (unpaired) electrons. The fourth-order valence-electron chi connectivity index (χ4n) is 2.84. The average Bonchev–Trinajstić information content (AvgIpc) is 2.54. The third-order valence-electron chi connectivity index (χ3n) is 3.98. The van der Waals surface area contributed by atoms with Crippen LogP contribution >= 0.6 is 0 Å². The van der Waals surface area contributed by atoms with E-state index in [1.54, 1.807) is 12.1 Å². The second-order valence-electron chi connectivity index (χ2n) is 5.35. The van der Waals surface area contributed by atoms with Gasteiger partial charge in [-0.1, -0.05) is 18.2 Å². The van der Waals surface area contributed by atoms with Crippen LogP contribution in [0.2, 0.25) is 0 Å². The van der Waals surface area contributed by atoms with Crippen molar-refractivity contribution >= 4 is 17.3 Å². The van der Waals surface area contributed by atoms with Gasteiger partial charge in [-0.2, -0.15) is 0 Å². The monoisotopic (exact) mass is 315 g/mol. The van der Waals surface area contributed by atoms with Crippen LogP contribution in [0.3, 0.4) is 0 Å². The number of nitrogens with two attached hydrogens (primary N) is 1. The van der Waals surface area contributed by atoms with Crippen LogP contribution in [0.1, 0.15) is 21.5 Å². The molecule has 1 heterocycles. The molecule has 23 heavy (non-hydrogen) atoms. The van der Waals surface area contributed by atoms with Crippen molar-refractivity contribution in [1.29, 1.82) is 0 Å². The molecule has 2 aromatic rings. The molecule has 0 atom stereocenters. The number of nitrogens with zero attached hydrogens (tertiary/aromatic N) is 2. The van der Waals surface area contributed by atoms with E-state index in [1.165, 1.54) is 29.2 Å². The molecule has 0 unspecified atom stereocenters. The van der Waals surface area contributed by atoms with E-state index in [0.29, 0.717) is 17.5 Å². The summed E-state index contributed by atoms with van der Waals surface area (Å²) in [7, 11) is 0. The minimum absolute atomic E-state index is 0.0641. The van der Waals surface area contributed by atoms with Gasteiger partial charge in [-0.15, -0.1) is 0 Å². The van der Waals surface area contributed by atoms with Gasteiger partial charge in [-0.25, -0.2) is 4.39 Å². The van der Waals surface area contributed by atoms with Crippen LogP contribution in [0.5, 0.6) is 0 Å². The van der Waals surface area contributed by atoms with Gasteiger partial charge in [0.25, 0.3) is 11.6 Å². The van der Waals surface area contributed by atoms with Crippen LogP contribution < -0.4 is 5.73 Å². The standard InChI is InChI=1S/C16H14FN3O3/c17-12-4-1-3-10-9-19(8-7-11(10)12)16(21)15-13(18)5-2-6-14(15)20(22)23/h1-6H,7-9,18H2. The summed E-state index contributed by atoms with van der Waals surface area (Å²) >= 11 is 0. The SMILES string of the molecule is Nc1cccc([N+](=O)[O-])c1C(=O)N1CCc2c(F)cccc2C1. The minimum atomic E-state index is -0.624. The highest BCUT2D eigenvalue weighted by Crippen LogP contribution is 2.29. The summed E-state index contributed by atoms with van der Waals surface area (Å²) in [6, 6.07) is 8.86. The number of benzene rings is 2. The maximum absolute atomic E-state index is 13.7. The summed E-state index contributed by atoms with van der Waals surface area (Å²) in [5, 5.41) is 11.1. The number of nitro groups is 1. The smallest absolute Gasteiger partial charge is 0.284 e. The molecule has 0 aliphatic carbocycles. The summed E-state index contributed by atoms with van der Waals surface area (Å²) in [5.74, 6) is -0.801. The highest BCUT2D eigenvalue weighted by atomic mass is 19.1. The number of nitro benzene ring substituents is 1. The van der Waals surface area contributed by atoms with Crippen molar-refractivity contribution in [3.63, 3.8) is 0 Å². The van der Waals surface area contributed by atoms with Crippen LogP contribution in [0.4, 0.5) is 15.8 Å². The molecule has 0 saturated carbocycles. The lowest BCUT2D eigenvalue weighted by molar-refractivity contribution is -0.385. The van der Waals surface area contributed by atoms with Crippen molar-refractivity contribution < 1.29 is 14.1 Å². The Hall–Kier alpha value is -2.96. The highest BCUT2D eigenvalue weighted by molar-refractivity contribution is 6.03. The quantitative estimate of drug-likeness (QED) is 0.524. The Morgan fingerprint density at radius 2 is 2.00 bits per heavy atom. The Morgan fingerprint density at radius 3 is 2.74 bits per heavy atom. The van der Waals surface area contributed by atoms with Gasteiger partial charge in [0.1, 0.15) is 11.4 Å². The average molecular weight is 315 g/mol. The van der Waals surface area contributed by atoms with Crippen molar-refractivity contribution in [3.8, 4) is 0 Å². The van der Waals surface area contributed by atoms with Crippen molar-refractivity contribution in [3.05, 3.63) is 69.0 Å². The van der Waals surface area contributed by atoms with E-state index in [1.807, 2.05) is 0 Å². The van der Waals surface area contributed by atoms with E-state index in [0.717, 1.165) is 0 Å². The number of carbonyl (C=O) groups excluding carboxylic acids is 1. The molecular weight excluding hydrogens is 301 g/mol. The van der Waals surface area contributed by atoms with Crippen molar-refractivity contribution in [1.82, 2.24) is 4.90 Å². The molecule has 2 N–H and O–H groups in total. The number of fused-ring (bicyclic) bond motifs is 1. The van der Waals surface area contributed by atoms with Crippen LogP contribution in [0.25, 0.3) is 0 Å². The Morgan fingerprint density at radius 1 is 1.26 bits per heavy atom. The molecule has 7 heteroatoms. The molecule has 0 aromatic heterocycles. The number of hydrogen-bond donors (Lipinski definition) is 1. The summed E-state index contributed by atoms with van der Waals surface area (Å²) in [6.07, 6.45) is 0.369. The Labute approximate surface area is 131 Å². The van der Waals surface area contributed by atoms with Gasteiger partial charge in [-0.05, 0) is 29.7 Å². The van der Waals surface area contributed by atoms with Crippen molar-refractivity contribution in [2.24, 2.45) is 0 Å².